The highest BCUT2D eigenvalue weighted by molar-refractivity contribution is 6.30. The molecule has 2 N–H and O–H groups in total. The van der Waals surface area contributed by atoms with Crippen LogP contribution in [0.1, 0.15) is 34.1 Å². The Labute approximate surface area is 133 Å². The molecule has 0 radical (unpaired) electrons. The second kappa shape index (κ2) is 6.58. The first-order chi connectivity index (χ1) is 10.4. The Kier molecular flexibility index (Phi) is 4.78. The summed E-state index contributed by atoms with van der Waals surface area (Å²) in [7, 11) is 0. The molecule has 0 atom stereocenters. The number of nitrogens with one attached hydrogen (secondary N) is 2. The molecular weight excluding hydrogens is 302 g/mol. The minimum absolute atomic E-state index is 0.0678. The lowest BCUT2D eigenvalue weighted by Gasteiger charge is -2.06. The minimum atomic E-state index is -0.535. The molecule has 0 aliphatic rings. The third-order valence-electron chi connectivity index (χ3n) is 3.18. The number of pyridine rings is 1. The highest BCUT2D eigenvalue weighted by atomic mass is 35.5. The molecule has 0 fully saturated rings. The van der Waals surface area contributed by atoms with Crippen LogP contribution in [0.25, 0.3) is 0 Å². The van der Waals surface area contributed by atoms with Gasteiger partial charge in [-0.25, -0.2) is 5.43 Å². The number of amides is 1. The van der Waals surface area contributed by atoms with E-state index >= 15 is 0 Å². The quantitative estimate of drug-likeness (QED) is 0.674. The second-order valence-electron chi connectivity index (χ2n) is 4.98. The number of carbonyl (C=O) groups excluding carboxylic acids is 1. The number of hydrogen-bond acceptors (Lipinski definition) is 3. The molecule has 0 aliphatic carbocycles. The minimum Gasteiger partial charge on any atom is -0.326 e. The highest BCUT2D eigenvalue weighted by Gasteiger charge is 2.13. The Balaban J connectivity index is 2.21. The second-order valence-corrected chi connectivity index (χ2v) is 5.42. The first-order valence-electron chi connectivity index (χ1n) is 6.69. The molecule has 1 aromatic heterocycles. The number of aromatic amines is 1. The van der Waals surface area contributed by atoms with Crippen LogP contribution in [0.3, 0.4) is 0 Å². The number of aryl methyl sites for hydroxylation is 2. The number of hydrazone groups is 1. The predicted octanol–water partition coefficient (Wildman–Crippen LogP) is 2.80. The molecule has 1 amide bonds. The summed E-state index contributed by atoms with van der Waals surface area (Å²) in [6.45, 7) is 5.24. The van der Waals surface area contributed by atoms with Crippen LogP contribution in [0.15, 0.2) is 40.2 Å². The van der Waals surface area contributed by atoms with Crippen molar-refractivity contribution in [1.82, 2.24) is 10.4 Å². The number of hydrogen-bond donors (Lipinski definition) is 2. The lowest BCUT2D eigenvalue weighted by Crippen LogP contribution is -2.28. The maximum atomic E-state index is 12.1. The van der Waals surface area contributed by atoms with Gasteiger partial charge in [-0.05, 0) is 50.1 Å². The van der Waals surface area contributed by atoms with E-state index in [0.29, 0.717) is 22.0 Å². The van der Waals surface area contributed by atoms with Crippen LogP contribution in [0.5, 0.6) is 0 Å². The molecule has 0 spiro atoms. The van der Waals surface area contributed by atoms with E-state index in [1.807, 2.05) is 0 Å². The Bertz CT molecular complexity index is 792. The number of H-pyrrole nitrogens is 1. The molecule has 2 aromatic rings. The van der Waals surface area contributed by atoms with E-state index in [1.54, 1.807) is 51.1 Å². The van der Waals surface area contributed by atoms with Gasteiger partial charge in [-0.3, -0.25) is 9.59 Å². The van der Waals surface area contributed by atoms with E-state index in [9.17, 15) is 9.59 Å². The molecule has 0 unspecified atom stereocenters. The Hall–Kier alpha value is -2.40. The van der Waals surface area contributed by atoms with Gasteiger partial charge in [0.15, 0.2) is 0 Å². The number of aromatic nitrogens is 1. The van der Waals surface area contributed by atoms with E-state index in [1.165, 1.54) is 0 Å². The van der Waals surface area contributed by atoms with Gasteiger partial charge < -0.3 is 4.98 Å². The molecule has 0 aliphatic heterocycles. The van der Waals surface area contributed by atoms with E-state index in [-0.39, 0.29) is 5.56 Å². The summed E-state index contributed by atoms with van der Waals surface area (Å²) in [4.78, 5) is 26.6. The average Bonchev–Trinajstić information content (AvgIpc) is 2.44. The van der Waals surface area contributed by atoms with Crippen LogP contribution >= 0.6 is 11.6 Å². The number of nitrogens with zero attached hydrogens (tertiary/aromatic N) is 1. The fourth-order valence-corrected chi connectivity index (χ4v) is 2.21. The topological polar surface area (TPSA) is 74.3 Å². The SMILES string of the molecule is C/C(=N\NC(=O)c1c(C)cc(C)[nH]c1=O)c1ccc(Cl)cc1. The van der Waals surface area contributed by atoms with Crippen molar-refractivity contribution < 1.29 is 4.79 Å². The highest BCUT2D eigenvalue weighted by Crippen LogP contribution is 2.10. The van der Waals surface area contributed by atoms with Gasteiger partial charge in [0, 0.05) is 10.7 Å². The number of rotatable bonds is 3. The van der Waals surface area contributed by atoms with Crippen LogP contribution in [0, 0.1) is 13.8 Å². The van der Waals surface area contributed by atoms with Gasteiger partial charge >= 0.3 is 0 Å². The van der Waals surface area contributed by atoms with Crippen molar-refractivity contribution in [1.29, 1.82) is 0 Å². The third kappa shape index (κ3) is 3.62. The normalized spacial score (nSPS) is 11.4. The van der Waals surface area contributed by atoms with E-state index in [2.05, 4.69) is 15.5 Å². The van der Waals surface area contributed by atoms with Gasteiger partial charge in [0.25, 0.3) is 11.5 Å². The zero-order valence-electron chi connectivity index (χ0n) is 12.5. The van der Waals surface area contributed by atoms with Crippen LogP contribution in [-0.2, 0) is 0 Å². The summed E-state index contributed by atoms with van der Waals surface area (Å²) in [6, 6.07) is 8.83. The van der Waals surface area contributed by atoms with Gasteiger partial charge in [-0.15, -0.1) is 0 Å². The first kappa shape index (κ1) is 16.0. The molecule has 22 heavy (non-hydrogen) atoms. The lowest BCUT2D eigenvalue weighted by molar-refractivity contribution is 0.0952. The van der Waals surface area contributed by atoms with E-state index < -0.39 is 11.5 Å². The zero-order valence-corrected chi connectivity index (χ0v) is 13.3. The summed E-state index contributed by atoms with van der Waals surface area (Å²) in [5.74, 6) is -0.535. The van der Waals surface area contributed by atoms with Crippen LogP contribution < -0.4 is 11.0 Å². The summed E-state index contributed by atoms with van der Waals surface area (Å²) >= 11 is 5.82. The Morgan fingerprint density at radius 1 is 1.23 bits per heavy atom. The van der Waals surface area contributed by atoms with Gasteiger partial charge in [0.1, 0.15) is 5.56 Å². The van der Waals surface area contributed by atoms with Crippen molar-refractivity contribution in [2.75, 3.05) is 0 Å². The Morgan fingerprint density at radius 3 is 2.45 bits per heavy atom. The van der Waals surface area contributed by atoms with E-state index in [4.69, 9.17) is 11.6 Å². The smallest absolute Gasteiger partial charge is 0.277 e. The van der Waals surface area contributed by atoms with Gasteiger partial charge in [0.05, 0.1) is 5.71 Å². The molecule has 2 rings (SSSR count). The van der Waals surface area contributed by atoms with Crippen LogP contribution in [0.2, 0.25) is 5.02 Å². The molecule has 6 heteroatoms. The molecule has 5 nitrogen and oxygen atoms in total. The first-order valence-corrected chi connectivity index (χ1v) is 7.07. The Morgan fingerprint density at radius 2 is 1.86 bits per heavy atom. The summed E-state index contributed by atoms with van der Waals surface area (Å²) < 4.78 is 0. The van der Waals surface area contributed by atoms with Crippen molar-refractivity contribution in [3.8, 4) is 0 Å². The van der Waals surface area contributed by atoms with Crippen LogP contribution in [-0.4, -0.2) is 16.6 Å². The standard InChI is InChI=1S/C16H16ClN3O2/c1-9-8-10(2)18-15(21)14(9)16(22)20-19-11(3)12-4-6-13(17)7-5-12/h4-8H,1-3H3,(H,18,21)(H,20,22)/b19-11+. The number of halogens is 1. The van der Waals surface area contributed by atoms with Gasteiger partial charge in [-0.1, -0.05) is 23.7 Å². The van der Waals surface area contributed by atoms with Gasteiger partial charge in [-0.2, -0.15) is 5.10 Å². The molecule has 0 saturated carbocycles. The maximum absolute atomic E-state index is 12.1. The molecule has 1 aromatic carbocycles. The predicted molar refractivity (Wildman–Crippen MR) is 87.7 cm³/mol. The van der Waals surface area contributed by atoms with Gasteiger partial charge in [0.2, 0.25) is 0 Å². The number of carbonyl (C=O) groups is 1. The summed E-state index contributed by atoms with van der Waals surface area (Å²) in [5.41, 5.74) is 4.82. The van der Waals surface area contributed by atoms with E-state index in [0.717, 1.165) is 5.56 Å². The van der Waals surface area contributed by atoms with Crippen molar-refractivity contribution in [2.24, 2.45) is 5.10 Å². The van der Waals surface area contributed by atoms with Crippen LogP contribution in [0.4, 0.5) is 0 Å². The summed E-state index contributed by atoms with van der Waals surface area (Å²) in [6.07, 6.45) is 0. The summed E-state index contributed by atoms with van der Waals surface area (Å²) in [5, 5.41) is 4.65. The maximum Gasteiger partial charge on any atom is 0.277 e. The van der Waals surface area contributed by atoms with Crippen molar-refractivity contribution in [2.45, 2.75) is 20.8 Å². The van der Waals surface area contributed by atoms with Crippen molar-refractivity contribution in [3.05, 3.63) is 68.1 Å². The largest absolute Gasteiger partial charge is 0.326 e. The fourth-order valence-electron chi connectivity index (χ4n) is 2.08. The lowest BCUT2D eigenvalue weighted by atomic mass is 10.1. The third-order valence-corrected chi connectivity index (χ3v) is 3.43. The monoisotopic (exact) mass is 317 g/mol. The van der Waals surface area contributed by atoms with Crippen molar-refractivity contribution >= 4 is 23.2 Å². The molecule has 1 heterocycles. The fraction of sp³-hybridized carbons (Fsp3) is 0.188. The number of benzene rings is 1. The zero-order chi connectivity index (χ0) is 16.3. The molecule has 0 saturated heterocycles. The van der Waals surface area contributed by atoms with Crippen molar-refractivity contribution in [3.63, 3.8) is 0 Å². The molecule has 0 bridgehead atoms. The molecule has 114 valence electrons. The molecular formula is C16H16ClN3O2. The average molecular weight is 318 g/mol.